The van der Waals surface area contributed by atoms with Gasteiger partial charge in [-0.15, -0.1) is 0 Å². The summed E-state index contributed by atoms with van der Waals surface area (Å²) >= 11 is 0. The van der Waals surface area contributed by atoms with Crippen LogP contribution in [0.1, 0.15) is 40.0 Å². The van der Waals surface area contributed by atoms with Crippen molar-refractivity contribution in [3.63, 3.8) is 0 Å². The van der Waals surface area contributed by atoms with Gasteiger partial charge in [0.25, 0.3) is 5.91 Å². The van der Waals surface area contributed by atoms with E-state index in [1.165, 1.54) is 0 Å². The highest BCUT2D eigenvalue weighted by Crippen LogP contribution is 2.43. The Morgan fingerprint density at radius 3 is 2.71 bits per heavy atom. The number of fused-ring (bicyclic) bond motifs is 1. The number of ether oxygens (including phenoxy) is 2. The van der Waals surface area contributed by atoms with E-state index < -0.39 is 32.8 Å². The standard InChI is InChI=1S/C24H32N4O6S/c1-5-15(3)35(31,32)28-23(30)24(12-14(24)2)27-21(29)20-11-18(13-26-20)34-22-19-7-6-17(33-4)10-16(19)8-9-25-22/h6-10,14-15,18,20,26H,5,11-13H2,1-4H3,(H,27,29)(H,28,30)/t14-,15?,18-,20+,24-/m1/s1. The zero-order valence-electron chi connectivity index (χ0n) is 20.3. The van der Waals surface area contributed by atoms with E-state index in [1.807, 2.05) is 31.2 Å². The molecule has 5 atom stereocenters. The van der Waals surface area contributed by atoms with Crippen LogP contribution in [0.25, 0.3) is 10.8 Å². The minimum atomic E-state index is -3.80. The summed E-state index contributed by atoms with van der Waals surface area (Å²) in [5, 5.41) is 7.01. The number of amides is 2. The van der Waals surface area contributed by atoms with E-state index in [4.69, 9.17) is 9.47 Å². The second-order valence-electron chi connectivity index (χ2n) is 9.40. The molecule has 2 amide bonds. The highest BCUT2D eigenvalue weighted by Gasteiger charge is 2.60. The van der Waals surface area contributed by atoms with E-state index in [0.717, 1.165) is 16.5 Å². The van der Waals surface area contributed by atoms with Crippen molar-refractivity contribution in [1.82, 2.24) is 20.3 Å². The Bertz CT molecular complexity index is 1240. The first-order chi connectivity index (χ1) is 16.6. The third kappa shape index (κ3) is 5.06. The Labute approximate surface area is 205 Å². The van der Waals surface area contributed by atoms with Crippen molar-refractivity contribution >= 4 is 32.6 Å². The van der Waals surface area contributed by atoms with E-state index >= 15 is 0 Å². The number of rotatable bonds is 9. The number of nitrogens with one attached hydrogen (secondary N) is 3. The minimum Gasteiger partial charge on any atom is -0.497 e. The van der Waals surface area contributed by atoms with Crippen molar-refractivity contribution in [2.45, 2.75) is 63.0 Å². The molecule has 1 saturated carbocycles. The summed E-state index contributed by atoms with van der Waals surface area (Å²) in [6.45, 7) is 5.52. The number of sulfonamides is 1. The quantitative estimate of drug-likeness (QED) is 0.467. The van der Waals surface area contributed by atoms with Crippen molar-refractivity contribution in [2.75, 3.05) is 13.7 Å². The minimum absolute atomic E-state index is 0.163. The zero-order chi connectivity index (χ0) is 25.4. The fraction of sp³-hybridized carbons (Fsp3) is 0.542. The van der Waals surface area contributed by atoms with Crippen LogP contribution in [0.4, 0.5) is 0 Å². The normalized spacial score (nSPS) is 26.7. The fourth-order valence-corrected chi connectivity index (χ4v) is 5.40. The van der Waals surface area contributed by atoms with E-state index in [1.54, 1.807) is 27.2 Å². The topological polar surface area (TPSA) is 136 Å². The molecule has 1 aliphatic heterocycles. The largest absolute Gasteiger partial charge is 0.497 e. The number of methoxy groups -OCH3 is 1. The van der Waals surface area contributed by atoms with Crippen LogP contribution in [0.5, 0.6) is 11.6 Å². The first-order valence-electron chi connectivity index (χ1n) is 11.8. The van der Waals surface area contributed by atoms with Crippen LogP contribution in [-0.4, -0.2) is 61.8 Å². The monoisotopic (exact) mass is 504 g/mol. The number of pyridine rings is 1. The molecule has 0 radical (unpaired) electrons. The molecule has 2 aliphatic rings. The SMILES string of the molecule is CCC(C)S(=O)(=O)NC(=O)[C@@]1(NC(=O)[C@@H]2C[C@@H](Oc3nccc4cc(OC)ccc34)CN2)C[C@H]1C. The van der Waals surface area contributed by atoms with Gasteiger partial charge in [0.05, 0.1) is 18.4 Å². The molecule has 1 aliphatic carbocycles. The van der Waals surface area contributed by atoms with Gasteiger partial charge in [-0.2, -0.15) is 0 Å². The van der Waals surface area contributed by atoms with Gasteiger partial charge < -0.3 is 20.1 Å². The molecule has 1 unspecified atom stereocenters. The molecule has 190 valence electrons. The lowest BCUT2D eigenvalue weighted by Crippen LogP contribution is -2.56. The van der Waals surface area contributed by atoms with Gasteiger partial charge in [-0.1, -0.05) is 13.8 Å². The van der Waals surface area contributed by atoms with Crippen molar-refractivity contribution in [2.24, 2.45) is 5.92 Å². The molecule has 35 heavy (non-hydrogen) atoms. The third-order valence-electron chi connectivity index (χ3n) is 7.02. The number of hydrogen-bond acceptors (Lipinski definition) is 8. The van der Waals surface area contributed by atoms with Gasteiger partial charge in [-0.25, -0.2) is 13.4 Å². The lowest BCUT2D eigenvalue weighted by atomic mass is 10.1. The van der Waals surface area contributed by atoms with Crippen LogP contribution < -0.4 is 24.8 Å². The average molecular weight is 505 g/mol. The summed E-state index contributed by atoms with van der Waals surface area (Å²) in [5.41, 5.74) is -1.21. The van der Waals surface area contributed by atoms with Gasteiger partial charge in [0.2, 0.25) is 21.8 Å². The van der Waals surface area contributed by atoms with E-state index in [9.17, 15) is 18.0 Å². The second kappa shape index (κ2) is 9.62. The molecule has 2 aromatic rings. The Hall–Kier alpha value is -2.92. The summed E-state index contributed by atoms with van der Waals surface area (Å²) in [4.78, 5) is 30.2. The molecule has 2 fully saturated rings. The van der Waals surface area contributed by atoms with Gasteiger partial charge in [-0.05, 0) is 55.3 Å². The predicted octanol–water partition coefficient (Wildman–Crippen LogP) is 1.49. The Balaban J connectivity index is 1.39. The maximum atomic E-state index is 13.0. The third-order valence-corrected chi connectivity index (χ3v) is 8.88. The number of carbonyl (C=O) groups is 2. The van der Waals surface area contributed by atoms with Crippen LogP contribution in [0.3, 0.4) is 0 Å². The lowest BCUT2D eigenvalue weighted by molar-refractivity contribution is -0.130. The molecule has 1 aromatic heterocycles. The Morgan fingerprint density at radius 2 is 2.06 bits per heavy atom. The molecular weight excluding hydrogens is 472 g/mol. The zero-order valence-corrected chi connectivity index (χ0v) is 21.1. The Kier molecular flexibility index (Phi) is 6.92. The van der Waals surface area contributed by atoms with Crippen molar-refractivity contribution in [3.8, 4) is 11.6 Å². The number of nitrogens with zero attached hydrogens (tertiary/aromatic N) is 1. The van der Waals surface area contributed by atoms with Gasteiger partial charge in [-0.3, -0.25) is 14.3 Å². The van der Waals surface area contributed by atoms with Crippen LogP contribution in [0.15, 0.2) is 30.5 Å². The maximum absolute atomic E-state index is 13.0. The molecule has 3 N–H and O–H groups in total. The van der Waals surface area contributed by atoms with Crippen LogP contribution >= 0.6 is 0 Å². The van der Waals surface area contributed by atoms with Crippen molar-refractivity contribution < 1.29 is 27.5 Å². The molecule has 0 spiro atoms. The fourth-order valence-electron chi connectivity index (χ4n) is 4.32. The molecule has 11 heteroatoms. The lowest BCUT2D eigenvalue weighted by Gasteiger charge is -2.22. The highest BCUT2D eigenvalue weighted by atomic mass is 32.2. The molecule has 1 saturated heterocycles. The van der Waals surface area contributed by atoms with Crippen molar-refractivity contribution in [3.05, 3.63) is 30.5 Å². The number of benzene rings is 1. The number of aromatic nitrogens is 1. The molecule has 0 bridgehead atoms. The van der Waals surface area contributed by atoms with Crippen molar-refractivity contribution in [1.29, 1.82) is 0 Å². The van der Waals surface area contributed by atoms with Gasteiger partial charge in [0.15, 0.2) is 0 Å². The summed E-state index contributed by atoms with van der Waals surface area (Å²) < 4.78 is 38.2. The van der Waals surface area contributed by atoms with E-state index in [-0.39, 0.29) is 17.9 Å². The van der Waals surface area contributed by atoms with Crippen LogP contribution in [0, 0.1) is 5.92 Å². The van der Waals surface area contributed by atoms with Crippen LogP contribution in [-0.2, 0) is 19.6 Å². The first-order valence-corrected chi connectivity index (χ1v) is 13.3. The maximum Gasteiger partial charge on any atom is 0.259 e. The smallest absolute Gasteiger partial charge is 0.259 e. The Morgan fingerprint density at radius 1 is 1.31 bits per heavy atom. The summed E-state index contributed by atoms with van der Waals surface area (Å²) in [7, 11) is -2.19. The molecule has 2 heterocycles. The average Bonchev–Trinajstić information content (AvgIpc) is 3.25. The molecule has 4 rings (SSSR count). The highest BCUT2D eigenvalue weighted by molar-refractivity contribution is 7.90. The molecule has 10 nitrogen and oxygen atoms in total. The van der Waals surface area contributed by atoms with Gasteiger partial charge in [0.1, 0.15) is 17.4 Å². The van der Waals surface area contributed by atoms with Crippen LogP contribution in [0.2, 0.25) is 0 Å². The van der Waals surface area contributed by atoms with Gasteiger partial charge in [0, 0.05) is 24.5 Å². The van der Waals surface area contributed by atoms with E-state index in [2.05, 4.69) is 20.3 Å². The number of carbonyl (C=O) groups excluding carboxylic acids is 2. The number of hydrogen-bond donors (Lipinski definition) is 3. The first kappa shape index (κ1) is 25.2. The predicted molar refractivity (Wildman–Crippen MR) is 131 cm³/mol. The summed E-state index contributed by atoms with van der Waals surface area (Å²) in [6.07, 6.45) is 2.52. The summed E-state index contributed by atoms with van der Waals surface area (Å²) in [5.74, 6) is 0.00829. The van der Waals surface area contributed by atoms with E-state index in [0.29, 0.717) is 31.7 Å². The molecular formula is C24H32N4O6S. The molecule has 1 aromatic carbocycles. The second-order valence-corrected chi connectivity index (χ2v) is 11.5. The van der Waals surface area contributed by atoms with Gasteiger partial charge >= 0.3 is 0 Å². The summed E-state index contributed by atoms with van der Waals surface area (Å²) in [6, 6.07) is 6.92.